The number of hydrogen-bond donors (Lipinski definition) is 1. The number of nitrogens with zero attached hydrogens (tertiary/aromatic N) is 5. The van der Waals surface area contributed by atoms with Gasteiger partial charge in [-0.15, -0.1) is 0 Å². The highest BCUT2D eigenvalue weighted by Crippen LogP contribution is 2.35. The van der Waals surface area contributed by atoms with Crippen LogP contribution in [0.1, 0.15) is 24.4 Å². The summed E-state index contributed by atoms with van der Waals surface area (Å²) in [5.41, 5.74) is 2.45. The first-order valence-electron chi connectivity index (χ1n) is 8.33. The molecule has 1 saturated heterocycles. The van der Waals surface area contributed by atoms with E-state index in [1.54, 1.807) is 17.1 Å². The van der Waals surface area contributed by atoms with E-state index in [0.717, 1.165) is 11.3 Å². The van der Waals surface area contributed by atoms with Crippen molar-refractivity contribution < 1.29 is 9.53 Å². The van der Waals surface area contributed by atoms with Gasteiger partial charge >= 0.3 is 0 Å². The molecule has 0 saturated carbocycles. The molecule has 2 aromatic rings. The molecule has 0 bridgehead atoms. The van der Waals surface area contributed by atoms with Crippen LogP contribution in [0.4, 0.5) is 5.95 Å². The molecule has 1 fully saturated rings. The first kappa shape index (κ1) is 15.8. The molecule has 4 rings (SSSR count). The van der Waals surface area contributed by atoms with Gasteiger partial charge in [0.1, 0.15) is 11.9 Å². The molecule has 130 valence electrons. The smallest absolute Gasteiger partial charge is 0.254 e. The third kappa shape index (κ3) is 2.78. The maximum atomic E-state index is 13.3. The zero-order chi connectivity index (χ0) is 17.4. The normalized spacial score (nSPS) is 20.2. The average molecular weight is 340 g/mol. The number of carbonyl (C=O) groups is 1. The van der Waals surface area contributed by atoms with E-state index < -0.39 is 0 Å². The SMILES string of the molecule is CC1=C(C(=O)N2CCOCC2)[C@H](c2ccncc2)n2nc(C)nc2N1. The molecule has 8 nitrogen and oxygen atoms in total. The van der Waals surface area contributed by atoms with E-state index in [2.05, 4.69) is 20.4 Å². The zero-order valence-electron chi connectivity index (χ0n) is 14.3. The Labute approximate surface area is 145 Å². The van der Waals surface area contributed by atoms with Crippen molar-refractivity contribution in [1.29, 1.82) is 0 Å². The second kappa shape index (κ2) is 6.29. The number of anilines is 1. The second-order valence-corrected chi connectivity index (χ2v) is 6.18. The van der Waals surface area contributed by atoms with Crippen LogP contribution >= 0.6 is 0 Å². The molecule has 8 heteroatoms. The van der Waals surface area contributed by atoms with Crippen molar-refractivity contribution in [2.24, 2.45) is 0 Å². The van der Waals surface area contributed by atoms with Gasteiger partial charge in [-0.1, -0.05) is 0 Å². The molecule has 0 spiro atoms. The van der Waals surface area contributed by atoms with Crippen LogP contribution < -0.4 is 5.32 Å². The quantitative estimate of drug-likeness (QED) is 0.882. The van der Waals surface area contributed by atoms with E-state index in [-0.39, 0.29) is 11.9 Å². The van der Waals surface area contributed by atoms with Crippen LogP contribution in [0.3, 0.4) is 0 Å². The van der Waals surface area contributed by atoms with Gasteiger partial charge in [-0.3, -0.25) is 9.78 Å². The number of aryl methyl sites for hydroxylation is 1. The molecule has 2 aliphatic heterocycles. The summed E-state index contributed by atoms with van der Waals surface area (Å²) < 4.78 is 7.16. The molecule has 0 radical (unpaired) electrons. The van der Waals surface area contributed by atoms with Crippen LogP contribution in [0.25, 0.3) is 0 Å². The minimum Gasteiger partial charge on any atom is -0.378 e. The van der Waals surface area contributed by atoms with Crippen LogP contribution in [0, 0.1) is 6.92 Å². The summed E-state index contributed by atoms with van der Waals surface area (Å²) in [6.07, 6.45) is 3.46. The van der Waals surface area contributed by atoms with Gasteiger partial charge in [-0.05, 0) is 31.5 Å². The maximum Gasteiger partial charge on any atom is 0.254 e. The molecule has 1 N–H and O–H groups in total. The third-order valence-electron chi connectivity index (χ3n) is 4.51. The molecular formula is C17H20N6O2. The van der Waals surface area contributed by atoms with Gasteiger partial charge in [0, 0.05) is 31.2 Å². The summed E-state index contributed by atoms with van der Waals surface area (Å²) in [5.74, 6) is 1.32. The minimum absolute atomic E-state index is 0.00825. The maximum absolute atomic E-state index is 13.3. The molecule has 1 atom stereocenters. The van der Waals surface area contributed by atoms with Crippen molar-refractivity contribution in [2.75, 3.05) is 31.6 Å². The molecular weight excluding hydrogens is 320 g/mol. The van der Waals surface area contributed by atoms with E-state index in [1.807, 2.05) is 30.9 Å². The van der Waals surface area contributed by atoms with Gasteiger partial charge in [-0.2, -0.15) is 10.1 Å². The number of nitrogens with one attached hydrogen (secondary N) is 1. The lowest BCUT2D eigenvalue weighted by molar-refractivity contribution is -0.131. The number of hydrogen-bond acceptors (Lipinski definition) is 6. The van der Waals surface area contributed by atoms with Crippen molar-refractivity contribution in [1.82, 2.24) is 24.6 Å². The first-order valence-corrected chi connectivity index (χ1v) is 8.33. The van der Waals surface area contributed by atoms with E-state index in [0.29, 0.717) is 43.6 Å². The molecule has 25 heavy (non-hydrogen) atoms. The minimum atomic E-state index is -0.323. The molecule has 0 unspecified atom stereocenters. The Morgan fingerprint density at radius 2 is 1.96 bits per heavy atom. The fourth-order valence-corrected chi connectivity index (χ4v) is 3.33. The third-order valence-corrected chi connectivity index (χ3v) is 4.51. The van der Waals surface area contributed by atoms with E-state index in [4.69, 9.17) is 4.74 Å². The van der Waals surface area contributed by atoms with Crippen LogP contribution in [0.15, 0.2) is 35.8 Å². The Balaban J connectivity index is 1.80. The summed E-state index contributed by atoms with van der Waals surface area (Å²) in [6.45, 7) is 6.09. The number of amides is 1. The lowest BCUT2D eigenvalue weighted by Crippen LogP contribution is -2.44. The summed E-state index contributed by atoms with van der Waals surface area (Å²) in [5, 5.41) is 7.74. The fourth-order valence-electron chi connectivity index (χ4n) is 3.33. The summed E-state index contributed by atoms with van der Waals surface area (Å²) >= 11 is 0. The van der Waals surface area contributed by atoms with Crippen molar-refractivity contribution in [2.45, 2.75) is 19.9 Å². The number of morpholine rings is 1. The number of pyridine rings is 1. The highest BCUT2D eigenvalue weighted by Gasteiger charge is 2.36. The van der Waals surface area contributed by atoms with E-state index in [1.165, 1.54) is 0 Å². The predicted molar refractivity (Wildman–Crippen MR) is 90.9 cm³/mol. The molecule has 2 aliphatic rings. The largest absolute Gasteiger partial charge is 0.378 e. The molecule has 2 aromatic heterocycles. The monoisotopic (exact) mass is 340 g/mol. The van der Waals surface area contributed by atoms with Crippen LogP contribution in [0.5, 0.6) is 0 Å². The second-order valence-electron chi connectivity index (χ2n) is 6.18. The Hall–Kier alpha value is -2.74. The number of ether oxygens (including phenoxy) is 1. The molecule has 4 heterocycles. The van der Waals surface area contributed by atoms with Gasteiger partial charge in [0.15, 0.2) is 0 Å². The fraction of sp³-hybridized carbons (Fsp3) is 0.412. The highest BCUT2D eigenvalue weighted by atomic mass is 16.5. The Bertz CT molecular complexity index is 823. The van der Waals surface area contributed by atoms with E-state index in [9.17, 15) is 4.79 Å². The van der Waals surface area contributed by atoms with Gasteiger partial charge < -0.3 is 15.0 Å². The van der Waals surface area contributed by atoms with Crippen molar-refractivity contribution in [3.63, 3.8) is 0 Å². The summed E-state index contributed by atoms with van der Waals surface area (Å²) in [7, 11) is 0. The summed E-state index contributed by atoms with van der Waals surface area (Å²) in [4.78, 5) is 23.6. The molecule has 1 amide bonds. The Morgan fingerprint density at radius 3 is 2.68 bits per heavy atom. The molecule has 0 aliphatic carbocycles. The van der Waals surface area contributed by atoms with Gasteiger partial charge in [0.2, 0.25) is 5.95 Å². The number of carbonyl (C=O) groups excluding carboxylic acids is 1. The van der Waals surface area contributed by atoms with Crippen molar-refractivity contribution in [3.05, 3.63) is 47.2 Å². The summed E-state index contributed by atoms with van der Waals surface area (Å²) in [6, 6.07) is 3.50. The highest BCUT2D eigenvalue weighted by molar-refractivity contribution is 5.96. The average Bonchev–Trinajstić information content (AvgIpc) is 3.01. The lowest BCUT2D eigenvalue weighted by Gasteiger charge is -2.33. The first-order chi connectivity index (χ1) is 12.1. The Morgan fingerprint density at radius 1 is 1.24 bits per heavy atom. The Kier molecular flexibility index (Phi) is 3.96. The van der Waals surface area contributed by atoms with Crippen LogP contribution in [-0.2, 0) is 9.53 Å². The standard InChI is InChI=1S/C17H20N6O2/c1-11-14(16(24)22-7-9-25-10-8-22)15(13-3-5-18-6-4-13)23-17(19-11)20-12(2)21-23/h3-6,15H,7-10H2,1-2H3,(H,19,20,21)/t15-/m0/s1. The van der Waals surface area contributed by atoms with Gasteiger partial charge in [0.05, 0.1) is 18.8 Å². The van der Waals surface area contributed by atoms with Crippen LogP contribution in [0.2, 0.25) is 0 Å². The molecule has 0 aromatic carbocycles. The topological polar surface area (TPSA) is 85.2 Å². The van der Waals surface area contributed by atoms with Crippen molar-refractivity contribution >= 4 is 11.9 Å². The lowest BCUT2D eigenvalue weighted by atomic mass is 9.95. The zero-order valence-corrected chi connectivity index (χ0v) is 14.3. The van der Waals surface area contributed by atoms with Crippen LogP contribution in [-0.4, -0.2) is 56.9 Å². The predicted octanol–water partition coefficient (Wildman–Crippen LogP) is 1.13. The number of allylic oxidation sites excluding steroid dienone is 1. The van der Waals surface area contributed by atoms with Gasteiger partial charge in [-0.25, -0.2) is 4.68 Å². The van der Waals surface area contributed by atoms with Gasteiger partial charge in [0.25, 0.3) is 5.91 Å². The van der Waals surface area contributed by atoms with Crippen molar-refractivity contribution in [3.8, 4) is 0 Å². The number of aromatic nitrogens is 4. The number of rotatable bonds is 2. The number of fused-ring (bicyclic) bond motifs is 1. The van der Waals surface area contributed by atoms with E-state index >= 15 is 0 Å².